The minimum Gasteiger partial charge on any atom is -0.466 e. The summed E-state index contributed by atoms with van der Waals surface area (Å²) in [5, 5.41) is 2.99. The normalized spacial score (nSPS) is 24.1. The van der Waals surface area contributed by atoms with Crippen LogP contribution in [0, 0.1) is 5.92 Å². The summed E-state index contributed by atoms with van der Waals surface area (Å²) in [7, 11) is 0. The maximum atomic E-state index is 11.6. The Morgan fingerprint density at radius 2 is 1.82 bits per heavy atom. The average Bonchev–Trinajstić information content (AvgIpc) is 2.30. The predicted octanol–water partition coefficient (Wildman–Crippen LogP) is 2.02. The van der Waals surface area contributed by atoms with Crippen LogP contribution in [0.25, 0.3) is 0 Å². The van der Waals surface area contributed by atoms with Crippen LogP contribution in [0.4, 0.5) is 0 Å². The summed E-state index contributed by atoms with van der Waals surface area (Å²) < 4.78 is 4.78. The zero-order valence-electron chi connectivity index (χ0n) is 10.8. The first-order valence-electron chi connectivity index (χ1n) is 6.56. The SMILES string of the molecule is CCOC(=O)CCC(=O)NC1CCC(C)CC1. The summed E-state index contributed by atoms with van der Waals surface area (Å²) in [6.45, 7) is 4.39. The third-order valence-electron chi connectivity index (χ3n) is 3.24. The standard InChI is InChI=1S/C13H23NO3/c1-3-17-13(16)9-8-12(15)14-11-6-4-10(2)5-7-11/h10-11H,3-9H2,1-2H3,(H,14,15). The highest BCUT2D eigenvalue weighted by Gasteiger charge is 2.19. The lowest BCUT2D eigenvalue weighted by Gasteiger charge is -2.26. The Balaban J connectivity index is 2.14. The Morgan fingerprint density at radius 1 is 1.18 bits per heavy atom. The van der Waals surface area contributed by atoms with E-state index in [-0.39, 0.29) is 24.7 Å². The van der Waals surface area contributed by atoms with Crippen molar-refractivity contribution < 1.29 is 14.3 Å². The number of hydrogen-bond acceptors (Lipinski definition) is 3. The molecule has 1 fully saturated rings. The Labute approximate surface area is 103 Å². The fourth-order valence-electron chi connectivity index (χ4n) is 2.15. The molecule has 1 rings (SSSR count). The van der Waals surface area contributed by atoms with Gasteiger partial charge in [-0.25, -0.2) is 0 Å². The minimum absolute atomic E-state index is 0.0300. The Bertz CT molecular complexity index is 257. The molecule has 0 aromatic rings. The van der Waals surface area contributed by atoms with Gasteiger partial charge in [-0.2, -0.15) is 0 Å². The molecular weight excluding hydrogens is 218 g/mol. The summed E-state index contributed by atoms with van der Waals surface area (Å²) in [6, 6.07) is 0.306. The molecule has 0 aliphatic heterocycles. The van der Waals surface area contributed by atoms with E-state index in [1.165, 1.54) is 12.8 Å². The second-order valence-corrected chi connectivity index (χ2v) is 4.83. The van der Waals surface area contributed by atoms with Crippen molar-refractivity contribution in [2.75, 3.05) is 6.61 Å². The summed E-state index contributed by atoms with van der Waals surface area (Å²) >= 11 is 0. The first-order chi connectivity index (χ1) is 8.11. The third-order valence-corrected chi connectivity index (χ3v) is 3.24. The number of ether oxygens (including phenoxy) is 1. The number of carbonyl (C=O) groups excluding carboxylic acids is 2. The van der Waals surface area contributed by atoms with E-state index in [0.717, 1.165) is 18.8 Å². The van der Waals surface area contributed by atoms with Gasteiger partial charge in [0.15, 0.2) is 0 Å². The fraction of sp³-hybridized carbons (Fsp3) is 0.846. The highest BCUT2D eigenvalue weighted by atomic mass is 16.5. The molecule has 0 atom stereocenters. The Kier molecular flexibility index (Phi) is 6.01. The lowest BCUT2D eigenvalue weighted by atomic mass is 9.87. The number of carbonyl (C=O) groups is 2. The van der Waals surface area contributed by atoms with Gasteiger partial charge in [0.2, 0.25) is 5.91 Å². The van der Waals surface area contributed by atoms with E-state index >= 15 is 0 Å². The zero-order chi connectivity index (χ0) is 12.7. The molecule has 4 heteroatoms. The van der Waals surface area contributed by atoms with Crippen LogP contribution in [-0.4, -0.2) is 24.5 Å². The molecule has 0 heterocycles. The summed E-state index contributed by atoms with van der Waals surface area (Å²) in [5.41, 5.74) is 0. The molecule has 0 radical (unpaired) electrons. The number of rotatable bonds is 5. The van der Waals surface area contributed by atoms with Gasteiger partial charge in [-0.05, 0) is 38.5 Å². The van der Waals surface area contributed by atoms with Gasteiger partial charge in [-0.3, -0.25) is 9.59 Å². The van der Waals surface area contributed by atoms with Crippen molar-refractivity contribution >= 4 is 11.9 Å². The monoisotopic (exact) mass is 241 g/mol. The van der Waals surface area contributed by atoms with Crippen molar-refractivity contribution in [3.63, 3.8) is 0 Å². The van der Waals surface area contributed by atoms with E-state index < -0.39 is 0 Å². The average molecular weight is 241 g/mol. The lowest BCUT2D eigenvalue weighted by molar-refractivity contribution is -0.144. The molecule has 0 bridgehead atoms. The van der Waals surface area contributed by atoms with Gasteiger partial charge in [0.1, 0.15) is 0 Å². The molecule has 0 aromatic carbocycles. The number of esters is 1. The van der Waals surface area contributed by atoms with Crippen molar-refractivity contribution in [3.05, 3.63) is 0 Å². The van der Waals surface area contributed by atoms with Crippen molar-refractivity contribution in [1.29, 1.82) is 0 Å². The van der Waals surface area contributed by atoms with Gasteiger partial charge < -0.3 is 10.1 Å². The predicted molar refractivity (Wildman–Crippen MR) is 65.4 cm³/mol. The van der Waals surface area contributed by atoms with E-state index in [9.17, 15) is 9.59 Å². The molecule has 1 aliphatic rings. The van der Waals surface area contributed by atoms with Crippen LogP contribution in [-0.2, 0) is 14.3 Å². The molecule has 1 N–H and O–H groups in total. The molecule has 1 amide bonds. The molecule has 0 unspecified atom stereocenters. The highest BCUT2D eigenvalue weighted by molar-refractivity contribution is 5.81. The van der Waals surface area contributed by atoms with Crippen LogP contribution < -0.4 is 5.32 Å². The molecule has 4 nitrogen and oxygen atoms in total. The van der Waals surface area contributed by atoms with Crippen LogP contribution in [0.5, 0.6) is 0 Å². The third kappa shape index (κ3) is 5.71. The van der Waals surface area contributed by atoms with Gasteiger partial charge >= 0.3 is 5.97 Å². The number of amides is 1. The molecule has 17 heavy (non-hydrogen) atoms. The second kappa shape index (κ2) is 7.30. The van der Waals surface area contributed by atoms with E-state index in [0.29, 0.717) is 12.6 Å². The van der Waals surface area contributed by atoms with Crippen molar-refractivity contribution in [2.45, 2.75) is 58.4 Å². The van der Waals surface area contributed by atoms with E-state index in [2.05, 4.69) is 12.2 Å². The van der Waals surface area contributed by atoms with Crippen LogP contribution in [0.15, 0.2) is 0 Å². The molecule has 0 spiro atoms. The van der Waals surface area contributed by atoms with E-state index in [4.69, 9.17) is 4.74 Å². The summed E-state index contributed by atoms with van der Waals surface area (Å²) in [6.07, 6.45) is 4.91. The molecule has 1 saturated carbocycles. The Morgan fingerprint density at radius 3 is 2.41 bits per heavy atom. The van der Waals surface area contributed by atoms with E-state index in [1.54, 1.807) is 6.92 Å². The second-order valence-electron chi connectivity index (χ2n) is 4.83. The molecule has 98 valence electrons. The first-order valence-corrected chi connectivity index (χ1v) is 6.56. The van der Waals surface area contributed by atoms with Gasteiger partial charge in [0.05, 0.1) is 13.0 Å². The highest BCUT2D eigenvalue weighted by Crippen LogP contribution is 2.23. The smallest absolute Gasteiger partial charge is 0.306 e. The quantitative estimate of drug-likeness (QED) is 0.749. The molecule has 0 saturated heterocycles. The first kappa shape index (κ1) is 14.0. The molecule has 1 aliphatic carbocycles. The van der Waals surface area contributed by atoms with Gasteiger partial charge in [-0.1, -0.05) is 6.92 Å². The topological polar surface area (TPSA) is 55.4 Å². The number of hydrogen-bond donors (Lipinski definition) is 1. The van der Waals surface area contributed by atoms with Crippen LogP contribution in [0.3, 0.4) is 0 Å². The summed E-state index contributed by atoms with van der Waals surface area (Å²) in [5.74, 6) is 0.459. The summed E-state index contributed by atoms with van der Waals surface area (Å²) in [4.78, 5) is 22.7. The van der Waals surface area contributed by atoms with Crippen LogP contribution in [0.2, 0.25) is 0 Å². The van der Waals surface area contributed by atoms with E-state index in [1.807, 2.05) is 0 Å². The largest absolute Gasteiger partial charge is 0.466 e. The fourth-order valence-corrected chi connectivity index (χ4v) is 2.15. The lowest BCUT2D eigenvalue weighted by Crippen LogP contribution is -2.37. The van der Waals surface area contributed by atoms with Gasteiger partial charge in [0, 0.05) is 12.5 Å². The van der Waals surface area contributed by atoms with Gasteiger partial charge in [0.25, 0.3) is 0 Å². The molecule has 0 aromatic heterocycles. The van der Waals surface area contributed by atoms with Crippen LogP contribution >= 0.6 is 0 Å². The zero-order valence-corrected chi connectivity index (χ0v) is 10.8. The number of nitrogens with one attached hydrogen (secondary N) is 1. The Hall–Kier alpha value is -1.06. The van der Waals surface area contributed by atoms with Gasteiger partial charge in [-0.15, -0.1) is 0 Å². The maximum absolute atomic E-state index is 11.6. The molecular formula is C13H23NO3. The minimum atomic E-state index is -0.292. The van der Waals surface area contributed by atoms with Crippen LogP contribution in [0.1, 0.15) is 52.4 Å². The van der Waals surface area contributed by atoms with Crippen molar-refractivity contribution in [1.82, 2.24) is 5.32 Å². The van der Waals surface area contributed by atoms with Crippen molar-refractivity contribution in [3.8, 4) is 0 Å². The van der Waals surface area contributed by atoms with Crippen molar-refractivity contribution in [2.24, 2.45) is 5.92 Å². The maximum Gasteiger partial charge on any atom is 0.306 e.